The fourth-order valence-electron chi connectivity index (χ4n) is 15.0. The first-order valence-electron chi connectivity index (χ1n) is 21.9. The highest BCUT2D eigenvalue weighted by atomic mass is 16.6. The van der Waals surface area contributed by atoms with Gasteiger partial charge in [0.1, 0.15) is 36.0 Å². The number of fused-ring (bicyclic) bond motifs is 10. The molecular formula is C46H62O13. The topological polar surface area (TPSA) is 211 Å². The van der Waals surface area contributed by atoms with Gasteiger partial charge < -0.3 is 34.6 Å². The molecule has 8 aliphatic carbocycles. The van der Waals surface area contributed by atoms with Crippen LogP contribution in [0.2, 0.25) is 0 Å². The van der Waals surface area contributed by atoms with E-state index in [1.165, 1.54) is 0 Å². The molecule has 8 aliphatic rings. The number of ketones is 4. The lowest BCUT2D eigenvalue weighted by Crippen LogP contribution is -2.62. The van der Waals surface area contributed by atoms with Crippen molar-refractivity contribution in [1.29, 1.82) is 0 Å². The highest BCUT2D eigenvalue weighted by Crippen LogP contribution is 2.69. The average Bonchev–Trinajstić information content (AvgIpc) is 3.61. The summed E-state index contributed by atoms with van der Waals surface area (Å²) in [5.41, 5.74) is -3.96. The number of aliphatic hydroxyl groups excluding tert-OH is 2. The summed E-state index contributed by atoms with van der Waals surface area (Å²) in [6, 6.07) is 0. The molecule has 0 spiro atoms. The Labute approximate surface area is 345 Å². The molecule has 0 radical (unpaired) electrons. The Balaban J connectivity index is 0.805. The number of ether oxygens (including phenoxy) is 3. The van der Waals surface area contributed by atoms with E-state index in [1.54, 1.807) is 0 Å². The Morgan fingerprint density at radius 3 is 1.41 bits per heavy atom. The lowest BCUT2D eigenvalue weighted by Gasteiger charge is -2.59. The number of hydrogen-bond donors (Lipinski definition) is 4. The van der Waals surface area contributed by atoms with E-state index in [2.05, 4.69) is 26.0 Å². The molecule has 6 fully saturated rings. The van der Waals surface area contributed by atoms with Crippen LogP contribution in [0.5, 0.6) is 0 Å². The van der Waals surface area contributed by atoms with Crippen LogP contribution in [0.25, 0.3) is 0 Å². The van der Waals surface area contributed by atoms with Crippen LogP contribution >= 0.6 is 0 Å². The Morgan fingerprint density at radius 1 is 0.627 bits per heavy atom. The van der Waals surface area contributed by atoms with Crippen LogP contribution in [0.1, 0.15) is 118 Å². The zero-order valence-corrected chi connectivity index (χ0v) is 35.0. The van der Waals surface area contributed by atoms with Crippen molar-refractivity contribution >= 4 is 35.1 Å². The zero-order chi connectivity index (χ0) is 42.5. The molecule has 8 rings (SSSR count). The van der Waals surface area contributed by atoms with Crippen LogP contribution < -0.4 is 0 Å². The number of carbonyl (C=O) groups excluding carboxylic acids is 6. The molecule has 0 aromatic rings. The molecular weight excluding hydrogens is 760 g/mol. The monoisotopic (exact) mass is 822 g/mol. The summed E-state index contributed by atoms with van der Waals surface area (Å²) in [6.45, 7) is 5.16. The summed E-state index contributed by atoms with van der Waals surface area (Å²) in [5, 5.41) is 47.1. The largest absolute Gasteiger partial charge is 0.456 e. The maximum atomic E-state index is 13.6. The molecule has 10 unspecified atom stereocenters. The van der Waals surface area contributed by atoms with Gasteiger partial charge in [0.15, 0.2) is 13.2 Å². The van der Waals surface area contributed by atoms with Gasteiger partial charge in [0.2, 0.25) is 11.6 Å². The minimum absolute atomic E-state index is 0.0325. The van der Waals surface area contributed by atoms with Gasteiger partial charge in [-0.3, -0.25) is 19.2 Å². The Hall–Kier alpha value is -3.10. The van der Waals surface area contributed by atoms with E-state index >= 15 is 0 Å². The van der Waals surface area contributed by atoms with Crippen molar-refractivity contribution in [2.24, 2.45) is 57.2 Å². The van der Waals surface area contributed by atoms with Crippen LogP contribution in [-0.2, 0) is 43.0 Å². The normalized spacial score (nSPS) is 46.0. The van der Waals surface area contributed by atoms with Crippen LogP contribution in [0.4, 0.5) is 0 Å². The Bertz CT molecular complexity index is 1750. The molecule has 14 atom stereocenters. The second-order valence-electron chi connectivity index (χ2n) is 20.6. The van der Waals surface area contributed by atoms with Gasteiger partial charge in [0.05, 0.1) is 12.2 Å². The molecule has 0 amide bonds. The number of allylic oxidation sites excluding steroid dienone is 4. The summed E-state index contributed by atoms with van der Waals surface area (Å²) >= 11 is 0. The smallest absolute Gasteiger partial charge is 0.332 e. The number of aliphatic hydroxyl groups is 4. The first-order valence-corrected chi connectivity index (χ1v) is 21.9. The first-order chi connectivity index (χ1) is 27.7. The van der Waals surface area contributed by atoms with E-state index in [1.807, 2.05) is 13.8 Å². The summed E-state index contributed by atoms with van der Waals surface area (Å²) in [4.78, 5) is 76.9. The standard InChI is InChI=1S/C46H62O13/c1-41-13-9-27(47)17-25(41)5-7-29-31-11-15-45(55,43(31,3)19-33(49)39(29)41)35(51)21-58-37(53)23-57-24-38(54)59-22-36(52)46(56)16-12-32-30-8-6-26-18-28(48)10-14-42(26,2)40(30)34(50)20-44(32,46)4/h5-6,29-34,39-40,49-50,55-56H,7-24H2,1-4H3/t29?,30?,31?,32?,33-,34+,39?,40?,41?,42?,43?,44?,45+,46-. The van der Waals surface area contributed by atoms with Crippen molar-refractivity contribution < 1.29 is 63.4 Å². The fraction of sp³-hybridized carbons (Fsp3) is 0.783. The molecule has 4 N–H and O–H groups in total. The second-order valence-corrected chi connectivity index (χ2v) is 20.6. The van der Waals surface area contributed by atoms with Crippen LogP contribution in [0, 0.1) is 57.2 Å². The van der Waals surface area contributed by atoms with Crippen molar-refractivity contribution in [3.8, 4) is 0 Å². The Kier molecular flexibility index (Phi) is 10.7. The van der Waals surface area contributed by atoms with Gasteiger partial charge >= 0.3 is 11.9 Å². The quantitative estimate of drug-likeness (QED) is 0.183. The molecule has 0 aromatic heterocycles. The second kappa shape index (κ2) is 14.8. The van der Waals surface area contributed by atoms with E-state index in [0.29, 0.717) is 64.2 Å². The van der Waals surface area contributed by atoms with Crippen molar-refractivity contribution in [2.45, 2.75) is 141 Å². The van der Waals surface area contributed by atoms with Gasteiger partial charge in [-0.15, -0.1) is 0 Å². The molecule has 13 nitrogen and oxygen atoms in total. The molecule has 0 bridgehead atoms. The summed E-state index contributed by atoms with van der Waals surface area (Å²) in [7, 11) is 0. The molecule has 6 saturated carbocycles. The van der Waals surface area contributed by atoms with Crippen LogP contribution in [0.3, 0.4) is 0 Å². The van der Waals surface area contributed by atoms with E-state index in [4.69, 9.17) is 14.2 Å². The van der Waals surface area contributed by atoms with Gasteiger partial charge in [0, 0.05) is 36.5 Å². The molecule has 324 valence electrons. The number of esters is 2. The number of hydrogen-bond acceptors (Lipinski definition) is 13. The predicted molar refractivity (Wildman–Crippen MR) is 209 cm³/mol. The third-order valence-corrected chi connectivity index (χ3v) is 18.1. The average molecular weight is 823 g/mol. The molecule has 13 heteroatoms. The molecule has 0 heterocycles. The molecule has 59 heavy (non-hydrogen) atoms. The maximum Gasteiger partial charge on any atom is 0.332 e. The van der Waals surface area contributed by atoms with Crippen molar-refractivity contribution in [2.75, 3.05) is 26.4 Å². The van der Waals surface area contributed by atoms with Gasteiger partial charge in [-0.1, -0.05) is 51.0 Å². The summed E-state index contributed by atoms with van der Waals surface area (Å²) in [5.74, 6) is -2.96. The number of carbonyl (C=O) groups is 6. The summed E-state index contributed by atoms with van der Waals surface area (Å²) < 4.78 is 15.6. The van der Waals surface area contributed by atoms with Crippen LogP contribution in [-0.4, -0.2) is 105 Å². The minimum atomic E-state index is -1.82. The lowest BCUT2D eigenvalue weighted by atomic mass is 9.46. The highest BCUT2D eigenvalue weighted by molar-refractivity contribution is 5.92. The predicted octanol–water partition coefficient (Wildman–Crippen LogP) is 3.70. The van der Waals surface area contributed by atoms with Gasteiger partial charge in [-0.2, -0.15) is 0 Å². The van der Waals surface area contributed by atoms with Gasteiger partial charge in [0.25, 0.3) is 0 Å². The number of Topliss-reactive ketones (excluding diaryl/α,β-unsaturated/α-hetero) is 4. The van der Waals surface area contributed by atoms with Gasteiger partial charge in [-0.05, 0) is 111 Å². The van der Waals surface area contributed by atoms with Crippen molar-refractivity contribution in [1.82, 2.24) is 0 Å². The Morgan fingerprint density at radius 2 is 1.02 bits per heavy atom. The fourth-order valence-corrected chi connectivity index (χ4v) is 15.0. The molecule has 0 aromatic carbocycles. The molecule has 0 aliphatic heterocycles. The first kappa shape index (κ1) is 42.6. The SMILES string of the molecule is CC12CCC(=O)CC1=CCC1C2[C@H](O)CC2(C)C1CC[C@]2(O)C(=O)COC(=O)COCC(=O)OCC(=O)[C@]1(O)CCC2C3CC=C4CC(=O)CCC4(C)C3[C@@H](O)CC21C. The summed E-state index contributed by atoms with van der Waals surface area (Å²) in [6.07, 6.45) is 9.12. The van der Waals surface area contributed by atoms with Crippen molar-refractivity contribution in [3.05, 3.63) is 23.3 Å². The highest BCUT2D eigenvalue weighted by Gasteiger charge is 2.70. The lowest BCUT2D eigenvalue weighted by molar-refractivity contribution is -0.184. The maximum absolute atomic E-state index is 13.6. The minimum Gasteiger partial charge on any atom is -0.456 e. The third-order valence-electron chi connectivity index (χ3n) is 18.1. The number of rotatable bonds is 10. The van der Waals surface area contributed by atoms with E-state index in [9.17, 15) is 49.2 Å². The zero-order valence-electron chi connectivity index (χ0n) is 35.0. The van der Waals surface area contributed by atoms with E-state index < -0.39 is 84.2 Å². The molecule has 0 saturated heterocycles. The van der Waals surface area contributed by atoms with E-state index in [-0.39, 0.29) is 83.6 Å². The van der Waals surface area contributed by atoms with Crippen LogP contribution in [0.15, 0.2) is 23.3 Å². The van der Waals surface area contributed by atoms with Gasteiger partial charge in [-0.25, -0.2) is 9.59 Å². The van der Waals surface area contributed by atoms with E-state index in [0.717, 1.165) is 11.1 Å². The third kappa shape index (κ3) is 6.40. The van der Waals surface area contributed by atoms with Crippen molar-refractivity contribution in [3.63, 3.8) is 0 Å².